The molecule has 4 aromatic rings. The van der Waals surface area contributed by atoms with Crippen LogP contribution in [0.25, 0.3) is 10.8 Å². The summed E-state index contributed by atoms with van der Waals surface area (Å²) in [6.45, 7) is 0.0322. The molecule has 7 nitrogen and oxygen atoms in total. The molecule has 9 heteroatoms. The maximum atomic E-state index is 14.2. The quantitative estimate of drug-likeness (QED) is 0.553. The lowest BCUT2D eigenvalue weighted by Crippen LogP contribution is -2.25. The summed E-state index contributed by atoms with van der Waals surface area (Å²) in [4.78, 5) is 12.8. The van der Waals surface area contributed by atoms with Gasteiger partial charge in [0.1, 0.15) is 5.82 Å². The van der Waals surface area contributed by atoms with Gasteiger partial charge in [0.25, 0.3) is 5.56 Å². The molecule has 0 aliphatic carbocycles. The second kappa shape index (κ2) is 6.75. The van der Waals surface area contributed by atoms with Crippen molar-refractivity contribution < 1.29 is 4.39 Å². The summed E-state index contributed by atoms with van der Waals surface area (Å²) in [5.74, 6) is 0.130. The lowest BCUT2D eigenvalue weighted by atomic mass is 10.1. The van der Waals surface area contributed by atoms with Crippen LogP contribution in [0, 0.1) is 5.82 Å². The summed E-state index contributed by atoms with van der Waals surface area (Å²) in [6.07, 6.45) is 0.330. The van der Waals surface area contributed by atoms with Gasteiger partial charge in [0, 0.05) is 15.4 Å². The number of H-pyrrole nitrogens is 1. The third kappa shape index (κ3) is 3.13. The van der Waals surface area contributed by atoms with E-state index < -0.39 is 5.82 Å². The number of fused-ring (bicyclic) bond motifs is 1. The van der Waals surface area contributed by atoms with Crippen molar-refractivity contribution >= 4 is 26.7 Å². The van der Waals surface area contributed by atoms with Gasteiger partial charge in [0.15, 0.2) is 5.82 Å². The van der Waals surface area contributed by atoms with Gasteiger partial charge in [0.2, 0.25) is 0 Å². The van der Waals surface area contributed by atoms with Gasteiger partial charge >= 0.3 is 0 Å². The molecule has 0 aliphatic rings. The van der Waals surface area contributed by atoms with Crippen LogP contribution in [0.3, 0.4) is 0 Å². The first-order valence-electron chi connectivity index (χ1n) is 7.77. The number of aromatic nitrogens is 6. The van der Waals surface area contributed by atoms with Crippen LogP contribution in [0.1, 0.15) is 17.1 Å². The van der Waals surface area contributed by atoms with Gasteiger partial charge in [-0.1, -0.05) is 40.2 Å². The van der Waals surface area contributed by atoms with E-state index in [-0.39, 0.29) is 12.1 Å². The van der Waals surface area contributed by atoms with E-state index >= 15 is 0 Å². The van der Waals surface area contributed by atoms with Gasteiger partial charge in [-0.3, -0.25) is 4.79 Å². The highest BCUT2D eigenvalue weighted by molar-refractivity contribution is 9.10. The fourth-order valence-electron chi connectivity index (χ4n) is 2.77. The molecule has 0 radical (unpaired) electrons. The van der Waals surface area contributed by atoms with Gasteiger partial charge in [-0.05, 0) is 28.6 Å². The van der Waals surface area contributed by atoms with Crippen LogP contribution in [-0.4, -0.2) is 30.4 Å². The van der Waals surface area contributed by atoms with Crippen molar-refractivity contribution in [2.24, 2.45) is 0 Å². The highest BCUT2D eigenvalue weighted by Crippen LogP contribution is 2.18. The Kier molecular flexibility index (Phi) is 4.29. The van der Waals surface area contributed by atoms with Crippen molar-refractivity contribution in [2.75, 3.05) is 0 Å². The van der Waals surface area contributed by atoms with Crippen molar-refractivity contribution in [1.29, 1.82) is 0 Å². The molecule has 0 amide bonds. The molecule has 0 bridgehead atoms. The van der Waals surface area contributed by atoms with Gasteiger partial charge in [0.05, 0.1) is 24.0 Å². The zero-order valence-corrected chi connectivity index (χ0v) is 14.9. The highest BCUT2D eigenvalue weighted by atomic mass is 79.9. The van der Waals surface area contributed by atoms with Crippen LogP contribution in [-0.2, 0) is 13.0 Å². The van der Waals surface area contributed by atoms with Crippen molar-refractivity contribution in [3.8, 4) is 0 Å². The van der Waals surface area contributed by atoms with E-state index in [1.54, 1.807) is 24.3 Å². The number of benzene rings is 2. The van der Waals surface area contributed by atoms with Gasteiger partial charge in [-0.15, -0.1) is 5.10 Å². The predicted molar refractivity (Wildman–Crippen MR) is 96.2 cm³/mol. The summed E-state index contributed by atoms with van der Waals surface area (Å²) in [5.41, 5.74) is 0.740. The molecule has 0 aliphatic heterocycles. The number of rotatable bonds is 4. The molecule has 0 saturated carbocycles. The van der Waals surface area contributed by atoms with E-state index in [1.165, 1.54) is 10.7 Å². The lowest BCUT2D eigenvalue weighted by Gasteiger charge is -2.11. The van der Waals surface area contributed by atoms with Crippen LogP contribution < -0.4 is 5.56 Å². The Hall–Kier alpha value is -2.94. The van der Waals surface area contributed by atoms with E-state index in [9.17, 15) is 9.18 Å². The largest absolute Gasteiger partial charge is 0.274 e. The van der Waals surface area contributed by atoms with E-state index in [2.05, 4.69) is 41.7 Å². The second-order valence-corrected chi connectivity index (χ2v) is 6.63. The average molecular weight is 415 g/mol. The monoisotopic (exact) mass is 414 g/mol. The maximum Gasteiger partial charge on any atom is 0.274 e. The third-order valence-corrected chi connectivity index (χ3v) is 4.50. The zero-order valence-electron chi connectivity index (χ0n) is 13.4. The molecule has 1 N–H and O–H groups in total. The van der Waals surface area contributed by atoms with Crippen LogP contribution >= 0.6 is 15.9 Å². The summed E-state index contributed by atoms with van der Waals surface area (Å²) >= 11 is 3.23. The van der Waals surface area contributed by atoms with Crippen LogP contribution in [0.4, 0.5) is 4.39 Å². The standard InChI is InChI=1S/C17H12BrFN6O/c18-11-6-5-10(14(19)7-11)9-25-17(26)13-4-2-1-3-12(13)15(22-25)8-16-20-23-24-21-16/h1-7H,8-9H2,(H,20,21,23,24). The summed E-state index contributed by atoms with van der Waals surface area (Å²) in [7, 11) is 0. The number of tetrazole rings is 1. The first-order chi connectivity index (χ1) is 12.6. The molecule has 0 saturated heterocycles. The Morgan fingerprint density at radius 1 is 1.15 bits per heavy atom. The van der Waals surface area contributed by atoms with Crippen molar-refractivity contribution in [2.45, 2.75) is 13.0 Å². The minimum Gasteiger partial charge on any atom is -0.267 e. The van der Waals surface area contributed by atoms with Gasteiger partial charge in [-0.25, -0.2) is 14.2 Å². The molecular weight excluding hydrogens is 403 g/mol. The maximum absolute atomic E-state index is 14.2. The number of hydrogen-bond acceptors (Lipinski definition) is 5. The molecular formula is C17H12BrFN6O. The zero-order chi connectivity index (χ0) is 18.1. The SMILES string of the molecule is O=c1c2ccccc2c(Cc2nnn[nH]2)nn1Cc1ccc(Br)cc1F. The first kappa shape index (κ1) is 16.5. The lowest BCUT2D eigenvalue weighted by molar-refractivity contribution is 0.569. The molecule has 2 aromatic heterocycles. The second-order valence-electron chi connectivity index (χ2n) is 5.72. The fraction of sp³-hybridized carbons (Fsp3) is 0.118. The van der Waals surface area contributed by atoms with E-state index in [4.69, 9.17) is 0 Å². The predicted octanol–water partition coefficient (Wildman–Crippen LogP) is 2.45. The van der Waals surface area contributed by atoms with E-state index in [1.807, 2.05) is 12.1 Å². The third-order valence-electron chi connectivity index (χ3n) is 4.00. The van der Waals surface area contributed by atoms with Crippen molar-refractivity contribution in [1.82, 2.24) is 30.4 Å². The summed E-state index contributed by atoms with van der Waals surface area (Å²) in [5, 5.41) is 19.3. The Labute approximate surface area is 155 Å². The highest BCUT2D eigenvalue weighted by Gasteiger charge is 2.14. The Morgan fingerprint density at radius 2 is 1.96 bits per heavy atom. The molecule has 4 rings (SSSR count). The minimum absolute atomic E-state index is 0.0322. The summed E-state index contributed by atoms with van der Waals surface area (Å²) < 4.78 is 16.1. The number of hydrogen-bond donors (Lipinski definition) is 1. The molecule has 0 fully saturated rings. The molecule has 2 heterocycles. The van der Waals surface area contributed by atoms with Crippen molar-refractivity contribution in [3.05, 3.63) is 80.2 Å². The van der Waals surface area contributed by atoms with Crippen LogP contribution in [0.2, 0.25) is 0 Å². The smallest absolute Gasteiger partial charge is 0.267 e. The first-order valence-corrected chi connectivity index (χ1v) is 8.56. The molecule has 26 heavy (non-hydrogen) atoms. The molecule has 130 valence electrons. The topological polar surface area (TPSA) is 89.3 Å². The summed E-state index contributed by atoms with van der Waals surface area (Å²) in [6, 6.07) is 11.9. The van der Waals surface area contributed by atoms with Crippen LogP contribution in [0.15, 0.2) is 51.7 Å². The van der Waals surface area contributed by atoms with E-state index in [0.29, 0.717) is 33.4 Å². The molecule has 2 aromatic carbocycles. The number of nitrogens with one attached hydrogen (secondary N) is 1. The van der Waals surface area contributed by atoms with Crippen LogP contribution in [0.5, 0.6) is 0 Å². The Morgan fingerprint density at radius 3 is 2.69 bits per heavy atom. The van der Waals surface area contributed by atoms with Crippen molar-refractivity contribution in [3.63, 3.8) is 0 Å². The minimum atomic E-state index is -0.401. The van der Waals surface area contributed by atoms with E-state index in [0.717, 1.165) is 5.39 Å². The molecule has 0 atom stereocenters. The fourth-order valence-corrected chi connectivity index (χ4v) is 3.10. The number of halogens is 2. The van der Waals surface area contributed by atoms with Gasteiger partial charge < -0.3 is 0 Å². The molecule has 0 unspecified atom stereocenters. The normalized spacial score (nSPS) is 11.2. The number of aromatic amines is 1. The molecule has 0 spiro atoms. The number of nitrogens with zero attached hydrogens (tertiary/aromatic N) is 5. The average Bonchev–Trinajstić information content (AvgIpc) is 3.14. The van der Waals surface area contributed by atoms with Gasteiger partial charge in [-0.2, -0.15) is 5.10 Å². The Bertz CT molecular complexity index is 1140. The Balaban J connectivity index is 1.84.